The van der Waals surface area contributed by atoms with Crippen LogP contribution in [0.5, 0.6) is 5.75 Å². The number of imidazole rings is 1. The Bertz CT molecular complexity index is 774. The summed E-state index contributed by atoms with van der Waals surface area (Å²) in [5.74, 6) is 0.624. The first-order chi connectivity index (χ1) is 10.2. The molecule has 0 spiro atoms. The van der Waals surface area contributed by atoms with Gasteiger partial charge in [0.1, 0.15) is 11.4 Å². The van der Waals surface area contributed by atoms with Gasteiger partial charge in [-0.25, -0.2) is 4.98 Å². The molecule has 2 heterocycles. The largest absolute Gasteiger partial charge is 0.494 e. The van der Waals surface area contributed by atoms with Crippen molar-refractivity contribution in [1.29, 1.82) is 0 Å². The lowest BCUT2D eigenvalue weighted by atomic mass is 10.2. The molecule has 0 fully saturated rings. The molecule has 0 atom stereocenters. The molecule has 6 heteroatoms. The summed E-state index contributed by atoms with van der Waals surface area (Å²) in [5.41, 5.74) is 2.03. The van der Waals surface area contributed by atoms with Gasteiger partial charge in [-0.3, -0.25) is 9.20 Å². The lowest BCUT2D eigenvalue weighted by Crippen LogP contribution is -2.15. The van der Waals surface area contributed by atoms with Crippen molar-refractivity contribution in [3.63, 3.8) is 0 Å². The summed E-state index contributed by atoms with van der Waals surface area (Å²) in [4.78, 5) is 17.6. The van der Waals surface area contributed by atoms with Crippen molar-refractivity contribution in [3.05, 3.63) is 47.2 Å². The van der Waals surface area contributed by atoms with Gasteiger partial charge in [0.25, 0.3) is 5.91 Å². The molecule has 0 aliphatic heterocycles. The van der Waals surface area contributed by atoms with Crippen LogP contribution < -0.4 is 10.1 Å². The number of hydrogen-bond donors (Lipinski definition) is 1. The van der Waals surface area contributed by atoms with E-state index in [4.69, 9.17) is 4.74 Å². The molecule has 3 rings (SSSR count). The van der Waals surface area contributed by atoms with Crippen LogP contribution in [0.3, 0.4) is 0 Å². The number of rotatable bonds is 4. The number of benzene rings is 1. The zero-order valence-electron chi connectivity index (χ0n) is 11.8. The van der Waals surface area contributed by atoms with Gasteiger partial charge in [-0.2, -0.15) is 0 Å². The molecule has 108 valence electrons. The summed E-state index contributed by atoms with van der Waals surface area (Å²) in [6.07, 6.45) is 1.85. The van der Waals surface area contributed by atoms with Gasteiger partial charge >= 0.3 is 0 Å². The van der Waals surface area contributed by atoms with E-state index in [9.17, 15) is 4.79 Å². The van der Waals surface area contributed by atoms with E-state index in [1.54, 1.807) is 0 Å². The molecule has 1 N–H and O–H groups in total. The summed E-state index contributed by atoms with van der Waals surface area (Å²) in [5, 5.41) is 4.80. The second-order valence-corrected chi connectivity index (χ2v) is 5.39. The van der Waals surface area contributed by atoms with E-state index in [1.165, 1.54) is 11.3 Å². The first kappa shape index (κ1) is 13.6. The Labute approximate surface area is 126 Å². The Morgan fingerprint density at radius 3 is 2.86 bits per heavy atom. The standard InChI is InChI=1S/C15H15N3O2S/c1-3-20-12-6-4-11(5-7-12)17-14(19)13-10(2)16-15-18(13)8-9-21-15/h4-9H,3H2,1-2H3,(H,17,19). The number of thiazole rings is 1. The molecule has 21 heavy (non-hydrogen) atoms. The Hall–Kier alpha value is -2.34. The van der Waals surface area contributed by atoms with Gasteiger partial charge in [0.2, 0.25) is 0 Å². The monoisotopic (exact) mass is 301 g/mol. The second-order valence-electron chi connectivity index (χ2n) is 4.51. The van der Waals surface area contributed by atoms with E-state index in [0.717, 1.165) is 22.1 Å². The minimum Gasteiger partial charge on any atom is -0.494 e. The fraction of sp³-hybridized carbons (Fsp3) is 0.200. The molecule has 1 aromatic carbocycles. The van der Waals surface area contributed by atoms with Crippen molar-refractivity contribution in [3.8, 4) is 5.75 Å². The predicted octanol–water partition coefficient (Wildman–Crippen LogP) is 3.36. The number of ether oxygens (including phenoxy) is 1. The van der Waals surface area contributed by atoms with Crippen LogP contribution in [0.25, 0.3) is 4.96 Å². The molecule has 5 nitrogen and oxygen atoms in total. The predicted molar refractivity (Wildman–Crippen MR) is 83.4 cm³/mol. The topological polar surface area (TPSA) is 55.6 Å². The van der Waals surface area contributed by atoms with Crippen molar-refractivity contribution in [2.45, 2.75) is 13.8 Å². The second kappa shape index (κ2) is 5.57. The van der Waals surface area contributed by atoms with Crippen LogP contribution in [-0.4, -0.2) is 21.9 Å². The van der Waals surface area contributed by atoms with Gasteiger partial charge in [-0.1, -0.05) is 0 Å². The fourth-order valence-electron chi connectivity index (χ4n) is 2.16. The lowest BCUT2D eigenvalue weighted by molar-refractivity contribution is 0.102. The van der Waals surface area contributed by atoms with Gasteiger partial charge in [0.05, 0.1) is 12.3 Å². The first-order valence-electron chi connectivity index (χ1n) is 6.65. The van der Waals surface area contributed by atoms with Crippen LogP contribution in [0.15, 0.2) is 35.8 Å². The maximum Gasteiger partial charge on any atom is 0.274 e. The lowest BCUT2D eigenvalue weighted by Gasteiger charge is -2.07. The summed E-state index contributed by atoms with van der Waals surface area (Å²) in [7, 11) is 0. The number of aromatic nitrogens is 2. The minimum absolute atomic E-state index is 0.164. The molecule has 0 saturated heterocycles. The maximum atomic E-state index is 12.4. The number of fused-ring (bicyclic) bond motifs is 1. The third-order valence-corrected chi connectivity index (χ3v) is 3.83. The van der Waals surface area contributed by atoms with E-state index in [1.807, 2.05) is 54.1 Å². The van der Waals surface area contributed by atoms with E-state index in [-0.39, 0.29) is 5.91 Å². The number of hydrogen-bond acceptors (Lipinski definition) is 4. The van der Waals surface area contributed by atoms with E-state index >= 15 is 0 Å². The number of carbonyl (C=O) groups excluding carboxylic acids is 1. The summed E-state index contributed by atoms with van der Waals surface area (Å²) < 4.78 is 7.19. The van der Waals surface area contributed by atoms with Gasteiger partial charge < -0.3 is 10.1 Å². The highest BCUT2D eigenvalue weighted by Crippen LogP contribution is 2.20. The molecule has 0 unspecified atom stereocenters. The SMILES string of the molecule is CCOc1ccc(NC(=O)c2c(C)nc3sccn23)cc1. The Balaban J connectivity index is 1.82. The minimum atomic E-state index is -0.164. The Morgan fingerprint density at radius 1 is 1.38 bits per heavy atom. The average molecular weight is 301 g/mol. The van der Waals surface area contributed by atoms with Crippen molar-refractivity contribution in [1.82, 2.24) is 9.38 Å². The number of nitrogens with zero attached hydrogens (tertiary/aromatic N) is 2. The van der Waals surface area contributed by atoms with Gasteiger partial charge in [0, 0.05) is 17.3 Å². The molecule has 0 saturated carbocycles. The van der Waals surface area contributed by atoms with E-state index in [0.29, 0.717) is 12.3 Å². The Morgan fingerprint density at radius 2 is 2.14 bits per heavy atom. The van der Waals surface area contributed by atoms with Crippen LogP contribution >= 0.6 is 11.3 Å². The molecule has 0 aliphatic rings. The number of carbonyl (C=O) groups is 1. The molecule has 0 radical (unpaired) electrons. The van der Waals surface area contributed by atoms with Gasteiger partial charge in [-0.05, 0) is 38.1 Å². The molecule has 0 aliphatic carbocycles. The number of amides is 1. The van der Waals surface area contributed by atoms with E-state index in [2.05, 4.69) is 10.3 Å². The summed E-state index contributed by atoms with van der Waals surface area (Å²) in [6.45, 7) is 4.40. The molecule has 2 aromatic heterocycles. The van der Waals surface area contributed by atoms with Gasteiger partial charge in [-0.15, -0.1) is 11.3 Å². The number of nitrogens with one attached hydrogen (secondary N) is 1. The average Bonchev–Trinajstić information content (AvgIpc) is 3.00. The third kappa shape index (κ3) is 2.62. The maximum absolute atomic E-state index is 12.4. The Kier molecular flexibility index (Phi) is 3.62. The third-order valence-electron chi connectivity index (χ3n) is 3.07. The van der Waals surface area contributed by atoms with Crippen molar-refractivity contribution in [2.24, 2.45) is 0 Å². The van der Waals surface area contributed by atoms with Crippen LogP contribution in [-0.2, 0) is 0 Å². The quantitative estimate of drug-likeness (QED) is 0.804. The normalized spacial score (nSPS) is 10.8. The summed E-state index contributed by atoms with van der Waals surface area (Å²) >= 11 is 1.51. The highest BCUT2D eigenvalue weighted by molar-refractivity contribution is 7.15. The highest BCUT2D eigenvalue weighted by Gasteiger charge is 2.17. The van der Waals surface area contributed by atoms with Crippen molar-refractivity contribution >= 4 is 27.9 Å². The molecular weight excluding hydrogens is 286 g/mol. The van der Waals surface area contributed by atoms with E-state index < -0.39 is 0 Å². The van der Waals surface area contributed by atoms with Crippen molar-refractivity contribution in [2.75, 3.05) is 11.9 Å². The zero-order chi connectivity index (χ0) is 14.8. The van der Waals surface area contributed by atoms with Crippen LogP contribution in [0.4, 0.5) is 5.69 Å². The first-order valence-corrected chi connectivity index (χ1v) is 7.53. The molecule has 0 bridgehead atoms. The molecule has 3 aromatic rings. The molecular formula is C15H15N3O2S. The molecule has 1 amide bonds. The zero-order valence-corrected chi connectivity index (χ0v) is 12.6. The number of aryl methyl sites for hydroxylation is 1. The smallest absolute Gasteiger partial charge is 0.274 e. The van der Waals surface area contributed by atoms with Crippen molar-refractivity contribution < 1.29 is 9.53 Å². The van der Waals surface area contributed by atoms with Crippen LogP contribution in [0.2, 0.25) is 0 Å². The van der Waals surface area contributed by atoms with Crippen LogP contribution in [0.1, 0.15) is 23.1 Å². The number of anilines is 1. The highest BCUT2D eigenvalue weighted by atomic mass is 32.1. The fourth-order valence-corrected chi connectivity index (χ4v) is 2.92. The van der Waals surface area contributed by atoms with Gasteiger partial charge in [0.15, 0.2) is 4.96 Å². The summed E-state index contributed by atoms with van der Waals surface area (Å²) in [6, 6.07) is 7.32. The van der Waals surface area contributed by atoms with Crippen LogP contribution in [0, 0.1) is 6.92 Å².